The van der Waals surface area contributed by atoms with Crippen molar-refractivity contribution in [2.75, 3.05) is 19.7 Å². The van der Waals surface area contributed by atoms with Crippen molar-refractivity contribution in [3.05, 3.63) is 34.9 Å². The molecule has 1 unspecified atom stereocenters. The number of ether oxygens (including phenoxy) is 1. The van der Waals surface area contributed by atoms with Crippen molar-refractivity contribution in [1.29, 1.82) is 0 Å². The van der Waals surface area contributed by atoms with Crippen LogP contribution in [-0.2, 0) is 15.1 Å². The smallest absolute Gasteiger partial charge is 0.308 e. The third kappa shape index (κ3) is 4.21. The average molecular weight is 312 g/mol. The summed E-state index contributed by atoms with van der Waals surface area (Å²) in [6, 6.07) is 7.80. The highest BCUT2D eigenvalue weighted by Crippen LogP contribution is 2.36. The molecule has 3 nitrogen and oxygen atoms in total. The molecule has 0 spiro atoms. The molecule has 4 heteroatoms. The number of halogens is 1. The Morgan fingerprint density at radius 1 is 1.14 bits per heavy atom. The van der Waals surface area contributed by atoms with E-state index in [2.05, 4.69) is 25.7 Å². The van der Waals surface area contributed by atoms with E-state index in [1.807, 2.05) is 31.2 Å². The second-order valence-electron chi connectivity index (χ2n) is 5.05. The van der Waals surface area contributed by atoms with E-state index in [0.717, 1.165) is 25.1 Å². The first-order valence-corrected chi connectivity index (χ1v) is 8.08. The molecule has 0 amide bonds. The molecule has 0 bridgehead atoms. The van der Waals surface area contributed by atoms with E-state index in [1.54, 1.807) is 0 Å². The number of hydrogen-bond donors (Lipinski definition) is 0. The van der Waals surface area contributed by atoms with Crippen LogP contribution in [-0.4, -0.2) is 30.6 Å². The van der Waals surface area contributed by atoms with Crippen LogP contribution in [0, 0.1) is 0 Å². The first-order chi connectivity index (χ1) is 10.0. The highest BCUT2D eigenvalue weighted by Gasteiger charge is 2.38. The lowest BCUT2D eigenvalue weighted by atomic mass is 9.82. The van der Waals surface area contributed by atoms with Crippen LogP contribution in [0.5, 0.6) is 0 Å². The van der Waals surface area contributed by atoms with E-state index < -0.39 is 0 Å². The molecule has 1 rings (SSSR count). The summed E-state index contributed by atoms with van der Waals surface area (Å²) in [5.41, 5.74) is 0.784. The molecule has 0 aliphatic carbocycles. The fraction of sp³-hybridized carbons (Fsp3) is 0.588. The van der Waals surface area contributed by atoms with E-state index in [1.165, 1.54) is 0 Å². The predicted molar refractivity (Wildman–Crippen MR) is 87.6 cm³/mol. The largest absolute Gasteiger partial charge is 0.466 e. The van der Waals surface area contributed by atoms with Crippen molar-refractivity contribution < 1.29 is 9.53 Å². The Kier molecular flexibility index (Phi) is 7.20. The molecular formula is C17H26ClNO2. The number of rotatable bonds is 8. The Morgan fingerprint density at radius 2 is 1.71 bits per heavy atom. The van der Waals surface area contributed by atoms with Gasteiger partial charge in [-0.2, -0.15) is 0 Å². The summed E-state index contributed by atoms with van der Waals surface area (Å²) in [4.78, 5) is 14.4. The lowest BCUT2D eigenvalue weighted by Crippen LogP contribution is -2.47. The minimum atomic E-state index is -0.333. The van der Waals surface area contributed by atoms with E-state index in [-0.39, 0.29) is 11.5 Å². The van der Waals surface area contributed by atoms with Crippen LogP contribution >= 0.6 is 11.6 Å². The zero-order valence-corrected chi connectivity index (χ0v) is 14.2. The number of carbonyl (C=O) groups is 1. The third-order valence-corrected chi connectivity index (χ3v) is 4.33. The highest BCUT2D eigenvalue weighted by atomic mass is 35.5. The van der Waals surface area contributed by atoms with Gasteiger partial charge in [0, 0.05) is 5.02 Å². The van der Waals surface area contributed by atoms with Crippen LogP contribution in [0.1, 0.15) is 46.1 Å². The van der Waals surface area contributed by atoms with Crippen LogP contribution in [0.4, 0.5) is 0 Å². The normalized spacial score (nSPS) is 14.0. The Bertz CT molecular complexity index is 443. The van der Waals surface area contributed by atoms with Gasteiger partial charge in [-0.1, -0.05) is 44.5 Å². The van der Waals surface area contributed by atoms with Crippen molar-refractivity contribution >= 4 is 17.6 Å². The molecule has 118 valence electrons. The zero-order chi connectivity index (χ0) is 15.9. The maximum atomic E-state index is 12.1. The average Bonchev–Trinajstić information content (AvgIpc) is 2.48. The maximum Gasteiger partial charge on any atom is 0.308 e. The van der Waals surface area contributed by atoms with Gasteiger partial charge >= 0.3 is 5.97 Å². The van der Waals surface area contributed by atoms with Gasteiger partial charge in [0.15, 0.2) is 0 Å². The second kappa shape index (κ2) is 8.40. The fourth-order valence-corrected chi connectivity index (χ4v) is 3.12. The van der Waals surface area contributed by atoms with E-state index in [9.17, 15) is 4.79 Å². The minimum Gasteiger partial charge on any atom is -0.466 e. The third-order valence-electron chi connectivity index (χ3n) is 4.08. The first kappa shape index (κ1) is 18.0. The van der Waals surface area contributed by atoms with Crippen LogP contribution in [0.15, 0.2) is 24.3 Å². The van der Waals surface area contributed by atoms with Gasteiger partial charge in [-0.05, 0) is 44.1 Å². The molecule has 0 N–H and O–H groups in total. The van der Waals surface area contributed by atoms with Gasteiger partial charge in [-0.3, -0.25) is 9.69 Å². The Morgan fingerprint density at radius 3 is 2.14 bits per heavy atom. The summed E-state index contributed by atoms with van der Waals surface area (Å²) < 4.78 is 5.19. The number of esters is 1. The first-order valence-electron chi connectivity index (χ1n) is 7.70. The predicted octanol–water partition coefficient (Wildman–Crippen LogP) is 4.24. The van der Waals surface area contributed by atoms with Crippen molar-refractivity contribution in [2.45, 2.75) is 46.1 Å². The molecule has 0 radical (unpaired) electrons. The lowest BCUT2D eigenvalue weighted by molar-refractivity contribution is -0.147. The molecule has 21 heavy (non-hydrogen) atoms. The molecule has 0 heterocycles. The second-order valence-corrected chi connectivity index (χ2v) is 5.48. The summed E-state index contributed by atoms with van der Waals surface area (Å²) >= 11 is 6.00. The Balaban J connectivity index is 3.24. The van der Waals surface area contributed by atoms with E-state index >= 15 is 0 Å². The van der Waals surface area contributed by atoms with Gasteiger partial charge in [0.2, 0.25) is 0 Å². The Labute approximate surface area is 133 Å². The quantitative estimate of drug-likeness (QED) is 0.672. The van der Waals surface area contributed by atoms with E-state index in [4.69, 9.17) is 16.3 Å². The highest BCUT2D eigenvalue weighted by molar-refractivity contribution is 6.30. The molecule has 0 saturated heterocycles. The summed E-state index contributed by atoms with van der Waals surface area (Å²) in [6.07, 6.45) is 1.20. The van der Waals surface area contributed by atoms with Crippen LogP contribution in [0.2, 0.25) is 5.02 Å². The zero-order valence-electron chi connectivity index (χ0n) is 13.5. The van der Waals surface area contributed by atoms with Crippen molar-refractivity contribution in [2.24, 2.45) is 0 Å². The maximum absolute atomic E-state index is 12.1. The van der Waals surface area contributed by atoms with Crippen LogP contribution in [0.3, 0.4) is 0 Å². The van der Waals surface area contributed by atoms with Crippen molar-refractivity contribution in [1.82, 2.24) is 4.90 Å². The van der Waals surface area contributed by atoms with Crippen molar-refractivity contribution in [3.63, 3.8) is 0 Å². The van der Waals surface area contributed by atoms with Crippen molar-refractivity contribution in [3.8, 4) is 0 Å². The standard InChI is InChI=1S/C17H26ClNO2/c1-5-17(19(6-2)7-3,13-16(20)21-8-4)14-9-11-15(18)12-10-14/h9-12H,5-8,13H2,1-4H3. The number of carbonyl (C=O) groups excluding carboxylic acids is 1. The summed E-state index contributed by atoms with van der Waals surface area (Å²) in [5.74, 6) is -0.152. The summed E-state index contributed by atoms with van der Waals surface area (Å²) in [7, 11) is 0. The van der Waals surface area contributed by atoms with Crippen LogP contribution in [0.25, 0.3) is 0 Å². The molecular weight excluding hydrogens is 286 g/mol. The van der Waals surface area contributed by atoms with Gasteiger partial charge in [-0.25, -0.2) is 0 Å². The number of benzene rings is 1. The monoisotopic (exact) mass is 311 g/mol. The molecule has 1 atom stereocenters. The molecule has 1 aromatic rings. The topological polar surface area (TPSA) is 29.5 Å². The molecule has 0 aromatic heterocycles. The molecule has 1 aromatic carbocycles. The van der Waals surface area contributed by atoms with Gasteiger partial charge in [0.1, 0.15) is 0 Å². The van der Waals surface area contributed by atoms with Gasteiger partial charge in [0.05, 0.1) is 18.6 Å². The summed E-state index contributed by atoms with van der Waals surface area (Å²) in [5, 5.41) is 0.708. The van der Waals surface area contributed by atoms with Gasteiger partial charge < -0.3 is 4.74 Å². The minimum absolute atomic E-state index is 0.152. The van der Waals surface area contributed by atoms with E-state index in [0.29, 0.717) is 18.1 Å². The Hall–Kier alpha value is -1.06. The SMILES string of the molecule is CCOC(=O)CC(CC)(c1ccc(Cl)cc1)N(CC)CC. The van der Waals surface area contributed by atoms with Crippen LogP contribution < -0.4 is 0 Å². The molecule has 0 saturated carbocycles. The summed E-state index contributed by atoms with van der Waals surface area (Å²) in [6.45, 7) is 10.4. The molecule has 0 fully saturated rings. The number of nitrogens with zero attached hydrogens (tertiary/aromatic N) is 1. The molecule has 0 aliphatic rings. The van der Waals surface area contributed by atoms with Gasteiger partial charge in [-0.15, -0.1) is 0 Å². The molecule has 0 aliphatic heterocycles. The lowest BCUT2D eigenvalue weighted by Gasteiger charge is -2.42. The number of hydrogen-bond acceptors (Lipinski definition) is 3. The van der Waals surface area contributed by atoms with Gasteiger partial charge in [0.25, 0.3) is 0 Å². The fourth-order valence-electron chi connectivity index (χ4n) is 2.99.